The van der Waals surface area contributed by atoms with Crippen molar-refractivity contribution in [1.82, 2.24) is 5.32 Å². The highest BCUT2D eigenvalue weighted by Crippen LogP contribution is 2.29. The molecule has 5 nitrogen and oxygen atoms in total. The standard InChI is InChI=1S/C20H20N2O3S/c23-19(12-14-6-2-1-3-7-14)22-17-9-5-4-8-15(17)10-11-18(22)21-16(13-26)20(24)25/h1-11,16,18,21,26H,12-13H2,(H,24,25)/t16?,18-/m0/s1. The van der Waals surface area contributed by atoms with Crippen molar-refractivity contribution >= 4 is 36.3 Å². The van der Waals surface area contributed by atoms with Crippen LogP contribution in [0.15, 0.2) is 60.7 Å². The van der Waals surface area contributed by atoms with Gasteiger partial charge < -0.3 is 5.11 Å². The smallest absolute Gasteiger partial charge is 0.321 e. The summed E-state index contributed by atoms with van der Waals surface area (Å²) in [6.07, 6.45) is 3.40. The first-order chi connectivity index (χ1) is 12.6. The molecule has 2 aromatic carbocycles. The number of carboxylic acids is 1. The van der Waals surface area contributed by atoms with Crippen LogP contribution in [0, 0.1) is 0 Å². The Bertz CT molecular complexity index is 823. The van der Waals surface area contributed by atoms with Crippen molar-refractivity contribution in [2.75, 3.05) is 10.7 Å². The Morgan fingerprint density at radius 3 is 2.50 bits per heavy atom. The van der Waals surface area contributed by atoms with E-state index in [9.17, 15) is 14.7 Å². The first-order valence-corrected chi connectivity index (χ1v) is 8.96. The van der Waals surface area contributed by atoms with Gasteiger partial charge in [0.05, 0.1) is 12.1 Å². The summed E-state index contributed by atoms with van der Waals surface area (Å²) in [6, 6.07) is 16.2. The molecular weight excluding hydrogens is 348 g/mol. The Hall–Kier alpha value is -2.57. The van der Waals surface area contributed by atoms with Gasteiger partial charge in [-0.2, -0.15) is 12.6 Å². The molecule has 1 aliphatic heterocycles. The van der Waals surface area contributed by atoms with E-state index in [1.165, 1.54) is 0 Å². The van der Waals surface area contributed by atoms with E-state index in [0.29, 0.717) is 0 Å². The fourth-order valence-electron chi connectivity index (χ4n) is 2.96. The van der Waals surface area contributed by atoms with Crippen molar-refractivity contribution < 1.29 is 14.7 Å². The molecule has 0 saturated carbocycles. The average Bonchev–Trinajstić information content (AvgIpc) is 2.66. The summed E-state index contributed by atoms with van der Waals surface area (Å²) in [4.78, 5) is 26.1. The van der Waals surface area contributed by atoms with Crippen LogP contribution in [0.2, 0.25) is 0 Å². The van der Waals surface area contributed by atoms with E-state index >= 15 is 0 Å². The van der Waals surface area contributed by atoms with E-state index in [1.54, 1.807) is 4.90 Å². The van der Waals surface area contributed by atoms with E-state index in [4.69, 9.17) is 0 Å². The summed E-state index contributed by atoms with van der Waals surface area (Å²) in [5.41, 5.74) is 2.59. The Balaban J connectivity index is 1.91. The van der Waals surface area contributed by atoms with Gasteiger partial charge in [0.2, 0.25) is 5.91 Å². The van der Waals surface area contributed by atoms with Crippen LogP contribution in [-0.4, -0.2) is 34.9 Å². The summed E-state index contributed by atoms with van der Waals surface area (Å²) in [7, 11) is 0. The van der Waals surface area contributed by atoms with E-state index < -0.39 is 18.2 Å². The number of thiol groups is 1. The van der Waals surface area contributed by atoms with E-state index in [0.717, 1.165) is 16.8 Å². The van der Waals surface area contributed by atoms with Crippen LogP contribution < -0.4 is 10.2 Å². The predicted octanol–water partition coefficient (Wildman–Crippen LogP) is 2.59. The molecule has 0 aliphatic carbocycles. The number of carbonyl (C=O) groups excluding carboxylic acids is 1. The zero-order valence-electron chi connectivity index (χ0n) is 14.1. The topological polar surface area (TPSA) is 69.6 Å². The molecule has 1 amide bonds. The molecule has 0 bridgehead atoms. The third-order valence-electron chi connectivity index (χ3n) is 4.25. The van der Waals surface area contributed by atoms with Crippen LogP contribution in [-0.2, 0) is 16.0 Å². The van der Waals surface area contributed by atoms with Crippen molar-refractivity contribution in [2.24, 2.45) is 0 Å². The molecule has 26 heavy (non-hydrogen) atoms. The van der Waals surface area contributed by atoms with Gasteiger partial charge >= 0.3 is 5.97 Å². The Morgan fingerprint density at radius 1 is 1.12 bits per heavy atom. The zero-order valence-corrected chi connectivity index (χ0v) is 15.0. The van der Waals surface area contributed by atoms with Crippen molar-refractivity contribution in [1.29, 1.82) is 0 Å². The highest BCUT2D eigenvalue weighted by molar-refractivity contribution is 7.80. The fraction of sp³-hybridized carbons (Fsp3) is 0.200. The van der Waals surface area contributed by atoms with Gasteiger partial charge in [0, 0.05) is 5.75 Å². The van der Waals surface area contributed by atoms with Crippen LogP contribution in [0.1, 0.15) is 11.1 Å². The molecule has 0 aromatic heterocycles. The second-order valence-corrected chi connectivity index (χ2v) is 6.39. The number of nitrogens with zero attached hydrogens (tertiary/aromatic N) is 1. The highest BCUT2D eigenvalue weighted by atomic mass is 32.1. The number of hydrogen-bond acceptors (Lipinski definition) is 4. The van der Waals surface area contributed by atoms with Crippen molar-refractivity contribution in [3.8, 4) is 0 Å². The first kappa shape index (κ1) is 18.2. The van der Waals surface area contributed by atoms with Crippen LogP contribution in [0.3, 0.4) is 0 Å². The Morgan fingerprint density at radius 2 is 1.81 bits per heavy atom. The molecule has 0 radical (unpaired) electrons. The molecule has 2 N–H and O–H groups in total. The zero-order chi connectivity index (χ0) is 18.5. The molecule has 6 heteroatoms. The van der Waals surface area contributed by atoms with Gasteiger partial charge in [-0.15, -0.1) is 0 Å². The third-order valence-corrected chi connectivity index (χ3v) is 4.62. The van der Waals surface area contributed by atoms with Gasteiger partial charge in [0.15, 0.2) is 0 Å². The van der Waals surface area contributed by atoms with Crippen LogP contribution in [0.25, 0.3) is 6.08 Å². The molecule has 1 aliphatic rings. The van der Waals surface area contributed by atoms with Gasteiger partial charge in [-0.3, -0.25) is 19.8 Å². The van der Waals surface area contributed by atoms with Gasteiger partial charge in [-0.1, -0.05) is 54.6 Å². The van der Waals surface area contributed by atoms with Gasteiger partial charge in [0.1, 0.15) is 12.2 Å². The number of amides is 1. The monoisotopic (exact) mass is 368 g/mol. The SMILES string of the molecule is O=C(O)C(CS)N[C@@H]1C=Cc2ccccc2N1C(=O)Cc1ccccc1. The number of fused-ring (bicyclic) bond motifs is 1. The van der Waals surface area contributed by atoms with Crippen LogP contribution >= 0.6 is 12.6 Å². The summed E-state index contributed by atoms with van der Waals surface area (Å²) in [5.74, 6) is -0.973. The van der Waals surface area contributed by atoms with Crippen molar-refractivity contribution in [2.45, 2.75) is 18.6 Å². The summed E-state index contributed by atoms with van der Waals surface area (Å²) in [5, 5.41) is 12.3. The second-order valence-electron chi connectivity index (χ2n) is 6.03. The maximum Gasteiger partial charge on any atom is 0.321 e. The van der Waals surface area contributed by atoms with Crippen molar-refractivity contribution in [3.05, 3.63) is 71.8 Å². The van der Waals surface area contributed by atoms with Crippen LogP contribution in [0.4, 0.5) is 5.69 Å². The molecule has 0 fully saturated rings. The number of hydrogen-bond donors (Lipinski definition) is 3. The minimum Gasteiger partial charge on any atom is -0.480 e. The fourth-order valence-corrected chi connectivity index (χ4v) is 3.22. The van der Waals surface area contributed by atoms with E-state index in [2.05, 4.69) is 17.9 Å². The second kappa shape index (κ2) is 8.21. The summed E-state index contributed by atoms with van der Waals surface area (Å²) >= 11 is 4.10. The number of para-hydroxylation sites is 1. The Kier molecular flexibility index (Phi) is 5.75. The molecular formula is C20H20N2O3S. The number of rotatable bonds is 6. The van der Waals surface area contributed by atoms with Gasteiger partial charge in [0.25, 0.3) is 0 Å². The average molecular weight is 368 g/mol. The third kappa shape index (κ3) is 3.98. The van der Waals surface area contributed by atoms with Crippen molar-refractivity contribution in [3.63, 3.8) is 0 Å². The number of carbonyl (C=O) groups is 2. The molecule has 1 heterocycles. The van der Waals surface area contributed by atoms with E-state index in [1.807, 2.05) is 66.7 Å². The van der Waals surface area contributed by atoms with Crippen LogP contribution in [0.5, 0.6) is 0 Å². The van der Waals surface area contributed by atoms with Gasteiger partial charge in [-0.05, 0) is 23.3 Å². The lowest BCUT2D eigenvalue weighted by Crippen LogP contribution is -2.55. The number of nitrogens with one attached hydrogen (secondary N) is 1. The molecule has 134 valence electrons. The highest BCUT2D eigenvalue weighted by Gasteiger charge is 2.30. The lowest BCUT2D eigenvalue weighted by molar-refractivity contribution is -0.139. The number of carboxylic acid groups (broad SMARTS) is 1. The minimum atomic E-state index is -0.997. The molecule has 3 rings (SSSR count). The summed E-state index contributed by atoms with van der Waals surface area (Å²) < 4.78 is 0. The minimum absolute atomic E-state index is 0.103. The largest absolute Gasteiger partial charge is 0.480 e. The predicted molar refractivity (Wildman–Crippen MR) is 105 cm³/mol. The number of anilines is 1. The molecule has 0 saturated heterocycles. The Labute approximate surface area is 157 Å². The maximum absolute atomic E-state index is 13.1. The molecule has 2 atom stereocenters. The lowest BCUT2D eigenvalue weighted by Gasteiger charge is -2.36. The lowest BCUT2D eigenvalue weighted by atomic mass is 10.0. The quantitative estimate of drug-likeness (QED) is 0.686. The normalized spacial score (nSPS) is 16.8. The molecule has 2 aromatic rings. The first-order valence-electron chi connectivity index (χ1n) is 8.33. The molecule has 1 unspecified atom stereocenters. The molecule has 0 spiro atoms. The van der Waals surface area contributed by atoms with E-state index in [-0.39, 0.29) is 18.1 Å². The van der Waals surface area contributed by atoms with Gasteiger partial charge in [-0.25, -0.2) is 0 Å². The summed E-state index contributed by atoms with van der Waals surface area (Å²) in [6.45, 7) is 0. The number of benzene rings is 2. The number of aliphatic carboxylic acids is 1. The maximum atomic E-state index is 13.1.